The van der Waals surface area contributed by atoms with Gasteiger partial charge in [0.2, 0.25) is 5.91 Å². The zero-order valence-electron chi connectivity index (χ0n) is 77.4. The number of piperidine rings is 4. The molecule has 0 atom stereocenters. The number of aryl methyl sites for hydroxylation is 4. The van der Waals surface area contributed by atoms with E-state index in [1.54, 1.807) is 28.3 Å². The van der Waals surface area contributed by atoms with Gasteiger partial charge >= 0.3 is 0 Å². The molecule has 130 heavy (non-hydrogen) atoms. The van der Waals surface area contributed by atoms with E-state index in [1.807, 2.05) is 141 Å². The molecule has 5 aliphatic heterocycles. The molecule has 5 aliphatic rings. The van der Waals surface area contributed by atoms with E-state index in [0.717, 1.165) is 287 Å². The first-order valence-corrected chi connectivity index (χ1v) is 48.1. The average molecular weight is 1800 g/mol. The van der Waals surface area contributed by atoms with Gasteiger partial charge in [-0.2, -0.15) is 0 Å². The Kier molecular flexibility index (Phi) is 34.0. The second-order valence-corrected chi connectivity index (χ2v) is 36.7. The van der Waals surface area contributed by atoms with Gasteiger partial charge in [-0.25, -0.2) is 0 Å². The van der Waals surface area contributed by atoms with Crippen LogP contribution in [0.4, 0.5) is 5.69 Å². The van der Waals surface area contributed by atoms with Crippen LogP contribution >= 0.6 is 23.2 Å². The molecule has 688 valence electrons. The Balaban J connectivity index is 0.000000140. The van der Waals surface area contributed by atoms with E-state index in [0.29, 0.717) is 42.8 Å². The number of ketones is 4. The third-order valence-electron chi connectivity index (χ3n) is 26.8. The molecule has 8 aromatic carbocycles. The quantitative estimate of drug-likeness (QED) is 0.0371. The van der Waals surface area contributed by atoms with Crippen LogP contribution in [0.15, 0.2) is 213 Å². The number of aromatic nitrogens is 4. The van der Waals surface area contributed by atoms with Gasteiger partial charge in [0.25, 0.3) is 0 Å². The number of unbranched alkanes of at least 4 members (excludes halogenated alkanes) is 1. The highest BCUT2D eigenvalue weighted by Crippen LogP contribution is 2.40. The molecular formula is C108H132Cl2N10O10. The minimum Gasteiger partial charge on any atom is -0.497 e. The fraction of sp³-hybridized carbons (Fsp3) is 0.435. The van der Waals surface area contributed by atoms with Gasteiger partial charge in [-0.15, -0.1) is 0 Å². The molecule has 12 aromatic rings. The molecule has 0 radical (unpaired) electrons. The summed E-state index contributed by atoms with van der Waals surface area (Å²) in [4.78, 5) is 75.3. The normalized spacial score (nSPS) is 16.0. The average Bonchev–Trinajstić information content (AvgIpc) is 1.56. The minimum atomic E-state index is -0.446. The number of fused-ring (bicyclic) bond motifs is 4. The summed E-state index contributed by atoms with van der Waals surface area (Å²) in [5.74, 6) is 6.15. The number of benzene rings is 8. The van der Waals surface area contributed by atoms with Crippen molar-refractivity contribution in [2.75, 3.05) is 111 Å². The lowest BCUT2D eigenvalue weighted by Crippen LogP contribution is -2.56. The Labute approximate surface area is 778 Å². The number of ether oxygens (including phenoxy) is 5. The van der Waals surface area contributed by atoms with Gasteiger partial charge in [0.05, 0.1) is 38.5 Å². The molecule has 1 N–H and O–H groups in total. The lowest BCUT2D eigenvalue weighted by atomic mass is 9.85. The maximum atomic E-state index is 12.9. The van der Waals surface area contributed by atoms with E-state index >= 15 is 0 Å². The number of rotatable bonds is 35. The molecule has 22 heteroatoms. The van der Waals surface area contributed by atoms with Crippen LogP contribution < -0.4 is 33.9 Å². The fourth-order valence-electron chi connectivity index (χ4n) is 19.6. The van der Waals surface area contributed by atoms with Gasteiger partial charge in [0, 0.05) is 181 Å². The van der Waals surface area contributed by atoms with Crippen molar-refractivity contribution in [3.63, 3.8) is 0 Å². The summed E-state index contributed by atoms with van der Waals surface area (Å²) in [6.07, 6.45) is 24.6. The lowest BCUT2D eigenvalue weighted by molar-refractivity contribution is -0.125. The maximum absolute atomic E-state index is 12.9. The summed E-state index contributed by atoms with van der Waals surface area (Å²) in [6, 6.07) is 62.4. The minimum absolute atomic E-state index is 0.0659. The largest absolute Gasteiger partial charge is 0.497 e. The molecule has 1 amide bonds. The van der Waals surface area contributed by atoms with Crippen LogP contribution in [0, 0.1) is 5.92 Å². The van der Waals surface area contributed by atoms with Crippen molar-refractivity contribution in [2.24, 2.45) is 5.92 Å². The number of nitrogens with zero attached hydrogens (tertiary/aromatic N) is 9. The zero-order valence-corrected chi connectivity index (χ0v) is 78.9. The van der Waals surface area contributed by atoms with Gasteiger partial charge in [-0.3, -0.25) is 24.0 Å². The summed E-state index contributed by atoms with van der Waals surface area (Å²) in [6.45, 7) is 26.4. The Bertz CT molecular complexity index is 5730. The summed E-state index contributed by atoms with van der Waals surface area (Å²) < 4.78 is 37.7. The first-order chi connectivity index (χ1) is 63.3. The number of hydrogen-bond donors (Lipinski definition) is 1. The predicted octanol–water partition coefficient (Wildman–Crippen LogP) is 22.3. The molecular weight excluding hydrogens is 1670 g/mol. The fourth-order valence-corrected chi connectivity index (χ4v) is 20.0. The number of nitrogens with one attached hydrogen (secondary N) is 1. The number of anilines is 1. The van der Waals surface area contributed by atoms with Gasteiger partial charge in [-0.1, -0.05) is 154 Å². The first-order valence-electron chi connectivity index (χ1n) is 47.4. The van der Waals surface area contributed by atoms with Crippen LogP contribution in [0.3, 0.4) is 0 Å². The van der Waals surface area contributed by atoms with E-state index in [1.165, 1.54) is 18.4 Å². The maximum Gasteiger partial charge on any atom is 0.247 e. The summed E-state index contributed by atoms with van der Waals surface area (Å²) in [5, 5.41) is 8.60. The number of methoxy groups -OCH3 is 3. The highest BCUT2D eigenvalue weighted by Gasteiger charge is 2.50. The lowest BCUT2D eigenvalue weighted by Gasteiger charge is -2.43. The molecule has 1 spiro atoms. The Morgan fingerprint density at radius 3 is 1.48 bits per heavy atom. The van der Waals surface area contributed by atoms with Gasteiger partial charge in [-0.05, 0) is 238 Å². The van der Waals surface area contributed by atoms with Crippen LogP contribution in [0.2, 0.25) is 10.0 Å². The van der Waals surface area contributed by atoms with Crippen molar-refractivity contribution in [2.45, 2.75) is 194 Å². The van der Waals surface area contributed by atoms with Gasteiger partial charge < -0.3 is 71.8 Å². The predicted molar refractivity (Wildman–Crippen MR) is 526 cm³/mol. The van der Waals surface area contributed by atoms with E-state index in [9.17, 15) is 24.0 Å². The number of likely N-dealkylation sites (tertiary alicyclic amines) is 4. The summed E-state index contributed by atoms with van der Waals surface area (Å²) in [7, 11) is 5.10. The van der Waals surface area contributed by atoms with E-state index in [4.69, 9.17) is 46.9 Å². The van der Waals surface area contributed by atoms with Crippen LogP contribution in [0.5, 0.6) is 28.7 Å². The van der Waals surface area contributed by atoms with E-state index in [-0.39, 0.29) is 41.2 Å². The van der Waals surface area contributed by atoms with Crippen molar-refractivity contribution < 1.29 is 47.7 Å². The highest BCUT2D eigenvalue weighted by molar-refractivity contribution is 6.32. The molecule has 0 saturated carbocycles. The molecule has 0 aliphatic carbocycles. The Morgan fingerprint density at radius 1 is 0.446 bits per heavy atom. The standard InChI is InChI=1S/C29H38N2O3.C27H33ClN2O2.C27H32N4O3.C25H29ClN2O2/c1-4-5-10-28(32)26-21-31(27-13-12-23(33-2)20-25(26)27)17-8-16-30-18-14-22(15-19-30)24-9-6-7-11-29(24)34-3;1-20(2)18-27(31)25-19-30(26-7-4-3-6-24(25)26)15-5-14-29-16-12-23(13-17-29)32-22-10-8-21(28)9-11-22;1-20(32)23-18-30(25-22(23)10-6-11-24(25)34-2)15-7-14-29-16-12-27(13-17-29)26(33)28-19-31(27)21-8-4-3-5-9-21;1-2-24(29)21-18-28(23-10-5-3-8-20(21)23)15-7-14-27-16-12-19(13-17-27)30-25-11-6-4-9-22(25)26/h6-7,9,11-13,20-22H,4-5,8,10,14-19H2,1-3H3;3-4,6-11,19-20,23H,5,12-18H2,1-2H3;3-6,8-11,18H,7,12-17,19H2,1-2H3,(H,28,33);3-6,8-11,18-19H,2,7,12-17H2,1H3. The van der Waals surface area contributed by atoms with Crippen molar-refractivity contribution in [3.05, 3.63) is 251 Å². The topological polar surface area (TPSA) is 179 Å². The SMILES string of the molecule is CC(C)CC(=O)c1cn(CCCN2CCC(Oc3ccc(Cl)cc3)CC2)c2ccccc12.CCC(=O)c1cn(CCCN2CCC(Oc3ccccc3Cl)CC2)c2ccccc12.CCCCC(=O)c1cn(CCCN2CCC(c3ccccc3OC)CC2)c2ccc(OC)cc12.COc1cccc2c(C(C)=O)cn(CCCN3CCC4(CC3)C(=O)NCN4c3ccccc3)c12. The van der Waals surface area contributed by atoms with Crippen molar-refractivity contribution >= 4 is 102 Å². The number of amides is 1. The third-order valence-corrected chi connectivity index (χ3v) is 27.3. The molecule has 9 heterocycles. The van der Waals surface area contributed by atoms with E-state index in [2.05, 4.69) is 148 Å². The molecule has 5 fully saturated rings. The summed E-state index contributed by atoms with van der Waals surface area (Å²) in [5.41, 5.74) is 9.71. The van der Waals surface area contributed by atoms with Crippen molar-refractivity contribution in [3.8, 4) is 28.7 Å². The van der Waals surface area contributed by atoms with Gasteiger partial charge in [0.15, 0.2) is 23.1 Å². The smallest absolute Gasteiger partial charge is 0.247 e. The number of hydrogen-bond acceptors (Lipinski definition) is 15. The molecule has 0 bridgehead atoms. The third kappa shape index (κ3) is 24.0. The van der Waals surface area contributed by atoms with Crippen molar-refractivity contribution in [1.82, 2.24) is 43.2 Å². The van der Waals surface area contributed by atoms with Crippen LogP contribution in [-0.2, 0) is 31.0 Å². The van der Waals surface area contributed by atoms with Crippen LogP contribution in [0.1, 0.15) is 197 Å². The van der Waals surface area contributed by atoms with E-state index < -0.39 is 5.54 Å². The highest BCUT2D eigenvalue weighted by atomic mass is 35.5. The molecule has 0 unspecified atom stereocenters. The molecule has 17 rings (SSSR count). The number of para-hydroxylation sites is 6. The zero-order chi connectivity index (χ0) is 91.0. The van der Waals surface area contributed by atoms with Crippen molar-refractivity contribution in [1.29, 1.82) is 0 Å². The molecule has 4 aromatic heterocycles. The second kappa shape index (κ2) is 46.4. The summed E-state index contributed by atoms with van der Waals surface area (Å²) >= 11 is 12.2. The number of Topliss-reactive ketones (excluding diaryl/α,β-unsaturated/α-hetero) is 4. The van der Waals surface area contributed by atoms with Crippen LogP contribution in [-0.4, -0.2) is 191 Å². The Morgan fingerprint density at radius 2 is 0.923 bits per heavy atom. The number of carbonyl (C=O) groups excluding carboxylic acids is 5. The first kappa shape index (κ1) is 95.4. The monoisotopic (exact) mass is 1800 g/mol. The molecule has 5 saturated heterocycles. The Hall–Kier alpha value is -10.7. The number of carbonyl (C=O) groups is 5. The molecule has 20 nitrogen and oxygen atoms in total. The second-order valence-electron chi connectivity index (χ2n) is 35.9. The number of halogens is 2. The van der Waals surface area contributed by atoms with Gasteiger partial charge in [0.1, 0.15) is 46.5 Å². The van der Waals surface area contributed by atoms with Crippen LogP contribution in [0.25, 0.3) is 43.6 Å².